The summed E-state index contributed by atoms with van der Waals surface area (Å²) in [5.74, 6) is 0.859. The third-order valence-electron chi connectivity index (χ3n) is 4.25. The van der Waals surface area contributed by atoms with Crippen LogP contribution in [0.4, 0.5) is 5.82 Å². The second kappa shape index (κ2) is 6.68. The number of nitrogens with zero attached hydrogens (tertiary/aromatic N) is 5. The Hall–Kier alpha value is -2.57. The minimum Gasteiger partial charge on any atom is -0.356 e. The monoisotopic (exact) mass is 312 g/mol. The van der Waals surface area contributed by atoms with Crippen LogP contribution in [0.3, 0.4) is 0 Å². The molecule has 0 aromatic carbocycles. The minimum absolute atomic E-state index is 0.139. The maximum Gasteiger partial charge on any atom is 0.270 e. The van der Waals surface area contributed by atoms with Crippen LogP contribution in [0.1, 0.15) is 34.6 Å². The third kappa shape index (κ3) is 3.44. The van der Waals surface area contributed by atoms with Crippen molar-refractivity contribution in [2.45, 2.75) is 32.7 Å². The second-order valence-electron chi connectivity index (χ2n) is 5.74. The molecule has 1 amide bonds. The molecule has 7 nitrogen and oxygen atoms in total. The van der Waals surface area contributed by atoms with Gasteiger partial charge in [0.15, 0.2) is 0 Å². The molecule has 0 bridgehead atoms. The molecule has 1 aliphatic heterocycles. The van der Waals surface area contributed by atoms with Crippen LogP contribution in [0, 0.1) is 13.8 Å². The van der Waals surface area contributed by atoms with E-state index in [1.54, 1.807) is 18.6 Å². The Morgan fingerprint density at radius 3 is 2.65 bits per heavy atom. The van der Waals surface area contributed by atoms with Gasteiger partial charge in [-0.15, -0.1) is 0 Å². The van der Waals surface area contributed by atoms with E-state index in [1.165, 1.54) is 6.33 Å². The van der Waals surface area contributed by atoms with Gasteiger partial charge in [-0.3, -0.25) is 4.79 Å². The molecule has 1 fully saturated rings. The van der Waals surface area contributed by atoms with Gasteiger partial charge < -0.3 is 10.2 Å². The zero-order chi connectivity index (χ0) is 16.2. The van der Waals surface area contributed by atoms with Crippen LogP contribution in [0.2, 0.25) is 0 Å². The van der Waals surface area contributed by atoms with E-state index in [0.717, 1.165) is 43.0 Å². The van der Waals surface area contributed by atoms with Crippen LogP contribution >= 0.6 is 0 Å². The van der Waals surface area contributed by atoms with Crippen molar-refractivity contribution in [1.82, 2.24) is 25.3 Å². The number of aromatic nitrogens is 4. The first-order valence-electron chi connectivity index (χ1n) is 7.75. The van der Waals surface area contributed by atoms with Gasteiger partial charge >= 0.3 is 0 Å². The third-order valence-corrected chi connectivity index (χ3v) is 4.25. The molecule has 7 heteroatoms. The van der Waals surface area contributed by atoms with Gasteiger partial charge in [0, 0.05) is 36.6 Å². The average Bonchev–Trinajstić information content (AvgIpc) is 2.59. The van der Waals surface area contributed by atoms with Crippen molar-refractivity contribution in [3.8, 4) is 0 Å². The van der Waals surface area contributed by atoms with Crippen LogP contribution in [-0.2, 0) is 0 Å². The molecule has 0 unspecified atom stereocenters. The van der Waals surface area contributed by atoms with E-state index in [2.05, 4.69) is 30.2 Å². The van der Waals surface area contributed by atoms with Crippen LogP contribution < -0.4 is 10.2 Å². The number of amides is 1. The summed E-state index contributed by atoms with van der Waals surface area (Å²) < 4.78 is 0. The Kier molecular flexibility index (Phi) is 4.45. The molecule has 1 N–H and O–H groups in total. The largest absolute Gasteiger partial charge is 0.356 e. The van der Waals surface area contributed by atoms with E-state index in [0.29, 0.717) is 5.69 Å². The fraction of sp³-hybridized carbons (Fsp3) is 0.438. The lowest BCUT2D eigenvalue weighted by Gasteiger charge is -2.33. The molecule has 1 saturated heterocycles. The zero-order valence-electron chi connectivity index (χ0n) is 13.4. The van der Waals surface area contributed by atoms with Crippen molar-refractivity contribution in [2.75, 3.05) is 18.0 Å². The molecule has 1 aliphatic rings. The van der Waals surface area contributed by atoms with Gasteiger partial charge in [-0.05, 0) is 32.8 Å². The van der Waals surface area contributed by atoms with Crippen molar-refractivity contribution in [3.63, 3.8) is 0 Å². The number of hydrogen-bond donors (Lipinski definition) is 1. The molecule has 2 aromatic heterocycles. The molecule has 120 valence electrons. The van der Waals surface area contributed by atoms with Gasteiger partial charge in [-0.2, -0.15) is 0 Å². The number of aryl methyl sites for hydroxylation is 1. The second-order valence-corrected chi connectivity index (χ2v) is 5.74. The standard InChI is InChI=1S/C16H20N6O/c1-11-12(2)18-10-20-15(11)22-7-4-13(5-8-22)21-16(23)14-3-6-17-9-19-14/h3,6,9-10,13H,4-5,7-8H2,1-2H3,(H,21,23). The Morgan fingerprint density at radius 1 is 1.17 bits per heavy atom. The lowest BCUT2D eigenvalue weighted by Crippen LogP contribution is -2.45. The van der Waals surface area contributed by atoms with E-state index < -0.39 is 0 Å². The summed E-state index contributed by atoms with van der Waals surface area (Å²) in [4.78, 5) is 30.8. The molecule has 0 saturated carbocycles. The highest BCUT2D eigenvalue weighted by Gasteiger charge is 2.23. The first-order valence-corrected chi connectivity index (χ1v) is 7.75. The molecule has 0 spiro atoms. The molecule has 2 aromatic rings. The Morgan fingerprint density at radius 2 is 1.96 bits per heavy atom. The number of piperidine rings is 1. The van der Waals surface area contributed by atoms with Gasteiger partial charge in [0.2, 0.25) is 0 Å². The van der Waals surface area contributed by atoms with E-state index in [4.69, 9.17) is 0 Å². The zero-order valence-corrected chi connectivity index (χ0v) is 13.4. The number of carbonyl (C=O) groups excluding carboxylic acids is 1. The van der Waals surface area contributed by atoms with E-state index in [-0.39, 0.29) is 11.9 Å². The van der Waals surface area contributed by atoms with Crippen molar-refractivity contribution >= 4 is 11.7 Å². The van der Waals surface area contributed by atoms with Gasteiger partial charge in [0.25, 0.3) is 5.91 Å². The summed E-state index contributed by atoms with van der Waals surface area (Å²) >= 11 is 0. The average molecular weight is 312 g/mol. The Labute approximate surface area is 135 Å². The topological polar surface area (TPSA) is 83.9 Å². The molecule has 0 aliphatic carbocycles. The van der Waals surface area contributed by atoms with Gasteiger partial charge in [0.1, 0.15) is 24.2 Å². The van der Waals surface area contributed by atoms with Crippen LogP contribution in [-0.4, -0.2) is 45.0 Å². The fourth-order valence-corrected chi connectivity index (χ4v) is 2.76. The highest BCUT2D eigenvalue weighted by molar-refractivity contribution is 5.92. The maximum atomic E-state index is 12.1. The van der Waals surface area contributed by atoms with E-state index >= 15 is 0 Å². The maximum absolute atomic E-state index is 12.1. The molecule has 23 heavy (non-hydrogen) atoms. The van der Waals surface area contributed by atoms with Gasteiger partial charge in [-0.25, -0.2) is 19.9 Å². The number of carbonyl (C=O) groups is 1. The van der Waals surface area contributed by atoms with Crippen LogP contribution in [0.25, 0.3) is 0 Å². The Balaban J connectivity index is 1.58. The van der Waals surface area contributed by atoms with Gasteiger partial charge in [0.05, 0.1) is 0 Å². The lowest BCUT2D eigenvalue weighted by atomic mass is 10.0. The Bertz CT molecular complexity index is 682. The normalized spacial score (nSPS) is 15.5. The number of rotatable bonds is 3. The highest BCUT2D eigenvalue weighted by Crippen LogP contribution is 2.22. The highest BCUT2D eigenvalue weighted by atomic mass is 16.1. The summed E-state index contributed by atoms with van der Waals surface area (Å²) in [6.07, 6.45) is 6.35. The lowest BCUT2D eigenvalue weighted by molar-refractivity contribution is 0.0926. The molecule has 3 rings (SSSR count). The van der Waals surface area contributed by atoms with Crippen molar-refractivity contribution in [3.05, 3.63) is 41.9 Å². The smallest absolute Gasteiger partial charge is 0.270 e. The summed E-state index contributed by atoms with van der Waals surface area (Å²) in [5, 5.41) is 3.04. The summed E-state index contributed by atoms with van der Waals surface area (Å²) in [7, 11) is 0. The fourth-order valence-electron chi connectivity index (χ4n) is 2.76. The van der Waals surface area contributed by atoms with Gasteiger partial charge in [-0.1, -0.05) is 0 Å². The van der Waals surface area contributed by atoms with E-state index in [1.807, 2.05) is 13.8 Å². The molecule has 0 atom stereocenters. The van der Waals surface area contributed by atoms with Crippen LogP contribution in [0.5, 0.6) is 0 Å². The predicted molar refractivity (Wildman–Crippen MR) is 86.2 cm³/mol. The van der Waals surface area contributed by atoms with Crippen molar-refractivity contribution < 1.29 is 4.79 Å². The summed E-state index contributed by atoms with van der Waals surface area (Å²) in [6, 6.07) is 1.79. The minimum atomic E-state index is -0.139. The number of hydrogen-bond acceptors (Lipinski definition) is 6. The molecular formula is C16H20N6O. The van der Waals surface area contributed by atoms with Crippen LogP contribution in [0.15, 0.2) is 24.9 Å². The quantitative estimate of drug-likeness (QED) is 0.919. The first-order chi connectivity index (χ1) is 11.1. The predicted octanol–water partition coefficient (Wildman–Crippen LogP) is 1.28. The number of anilines is 1. The number of nitrogens with one attached hydrogen (secondary N) is 1. The molecule has 3 heterocycles. The molecular weight excluding hydrogens is 292 g/mol. The SMILES string of the molecule is Cc1ncnc(N2CCC(NC(=O)c3ccncn3)CC2)c1C. The summed E-state index contributed by atoms with van der Waals surface area (Å²) in [5.41, 5.74) is 2.54. The van der Waals surface area contributed by atoms with Crippen molar-refractivity contribution in [2.24, 2.45) is 0 Å². The molecule has 0 radical (unpaired) electrons. The van der Waals surface area contributed by atoms with E-state index in [9.17, 15) is 4.79 Å². The first kappa shape index (κ1) is 15.3. The summed E-state index contributed by atoms with van der Waals surface area (Å²) in [6.45, 7) is 5.78. The van der Waals surface area contributed by atoms with Crippen molar-refractivity contribution in [1.29, 1.82) is 0 Å².